The Morgan fingerprint density at radius 2 is 2.00 bits per heavy atom. The monoisotopic (exact) mass is 221 g/mol. The van der Waals surface area contributed by atoms with Crippen LogP contribution in [0.25, 0.3) is 0 Å². The fourth-order valence-corrected chi connectivity index (χ4v) is 1.13. The molecule has 1 aromatic rings. The second-order valence-corrected chi connectivity index (χ2v) is 4.19. The summed E-state index contributed by atoms with van der Waals surface area (Å²) in [7, 11) is 1.55. The minimum atomic E-state index is -0.0496. The minimum absolute atomic E-state index is 0.0496. The number of hydrogen-bond donors (Lipinski definition) is 1. The van der Waals surface area contributed by atoms with Gasteiger partial charge in [-0.25, -0.2) is 0 Å². The Hall–Kier alpha value is -1.51. The van der Waals surface area contributed by atoms with E-state index >= 15 is 0 Å². The van der Waals surface area contributed by atoms with Crippen LogP contribution in [0.15, 0.2) is 18.2 Å². The van der Waals surface area contributed by atoms with E-state index in [1.165, 1.54) is 19.8 Å². The molecule has 0 unspecified atom stereocenters. The van der Waals surface area contributed by atoms with Crippen molar-refractivity contribution in [2.75, 3.05) is 12.8 Å². The van der Waals surface area contributed by atoms with Crippen LogP contribution >= 0.6 is 0 Å². The molecule has 1 aliphatic carbocycles. The highest BCUT2D eigenvalue weighted by molar-refractivity contribution is 5.99. The summed E-state index contributed by atoms with van der Waals surface area (Å²) in [6, 6.07) is 5.02. The van der Waals surface area contributed by atoms with Crippen molar-refractivity contribution in [3.05, 3.63) is 23.8 Å². The van der Waals surface area contributed by atoms with Gasteiger partial charge in [-0.1, -0.05) is 19.8 Å². The van der Waals surface area contributed by atoms with Crippen molar-refractivity contribution in [3.63, 3.8) is 0 Å². The first-order valence-corrected chi connectivity index (χ1v) is 5.49. The van der Waals surface area contributed by atoms with E-state index in [1.54, 1.807) is 25.3 Å². The van der Waals surface area contributed by atoms with Gasteiger partial charge in [-0.2, -0.15) is 0 Å². The number of nitrogen functional groups attached to an aromatic ring is 1. The van der Waals surface area contributed by atoms with Gasteiger partial charge >= 0.3 is 0 Å². The zero-order valence-electron chi connectivity index (χ0n) is 10.1. The first-order chi connectivity index (χ1) is 7.54. The van der Waals surface area contributed by atoms with E-state index in [9.17, 15) is 4.79 Å². The number of hydrogen-bond acceptors (Lipinski definition) is 3. The average Bonchev–Trinajstić information content (AvgIpc) is 3.02. The minimum Gasteiger partial charge on any atom is -0.497 e. The van der Waals surface area contributed by atoms with Crippen LogP contribution in [0.4, 0.5) is 5.69 Å². The standard InChI is InChI=1S/C9H11NO2.C4H8/c1-6(11)8-5-7(12-2)3-4-9(8)10;1-4-2-3-4/h3-5H,10H2,1-2H3;4H,2-3H2,1H3. The van der Waals surface area contributed by atoms with Gasteiger partial charge in [-0.05, 0) is 31.0 Å². The molecule has 0 saturated heterocycles. The molecular weight excluding hydrogens is 202 g/mol. The topological polar surface area (TPSA) is 52.3 Å². The fourth-order valence-electron chi connectivity index (χ4n) is 1.13. The first kappa shape index (κ1) is 12.6. The van der Waals surface area contributed by atoms with Crippen molar-refractivity contribution in [2.24, 2.45) is 5.92 Å². The van der Waals surface area contributed by atoms with E-state index in [-0.39, 0.29) is 5.78 Å². The van der Waals surface area contributed by atoms with Crippen LogP contribution in [0.3, 0.4) is 0 Å². The number of ketones is 1. The molecule has 2 N–H and O–H groups in total. The Morgan fingerprint density at radius 3 is 2.38 bits per heavy atom. The molecule has 0 aromatic heterocycles. The quantitative estimate of drug-likeness (QED) is 0.617. The van der Waals surface area contributed by atoms with Crippen molar-refractivity contribution in [2.45, 2.75) is 26.7 Å². The van der Waals surface area contributed by atoms with Gasteiger partial charge in [-0.3, -0.25) is 4.79 Å². The molecule has 1 aliphatic rings. The van der Waals surface area contributed by atoms with Gasteiger partial charge in [0, 0.05) is 11.3 Å². The van der Waals surface area contributed by atoms with Crippen molar-refractivity contribution < 1.29 is 9.53 Å². The van der Waals surface area contributed by atoms with Gasteiger partial charge in [-0.15, -0.1) is 0 Å². The maximum atomic E-state index is 11.0. The van der Waals surface area contributed by atoms with Crippen molar-refractivity contribution >= 4 is 11.5 Å². The van der Waals surface area contributed by atoms with Gasteiger partial charge in [0.05, 0.1) is 7.11 Å². The number of benzene rings is 1. The lowest BCUT2D eigenvalue weighted by molar-refractivity contribution is 0.101. The highest BCUT2D eigenvalue weighted by Crippen LogP contribution is 2.26. The molecule has 1 fully saturated rings. The lowest BCUT2D eigenvalue weighted by atomic mass is 10.1. The second-order valence-electron chi connectivity index (χ2n) is 4.19. The van der Waals surface area contributed by atoms with Gasteiger partial charge < -0.3 is 10.5 Å². The second kappa shape index (κ2) is 5.54. The first-order valence-electron chi connectivity index (χ1n) is 5.49. The van der Waals surface area contributed by atoms with E-state index in [2.05, 4.69) is 6.92 Å². The predicted octanol–water partition coefficient (Wildman–Crippen LogP) is 2.90. The highest BCUT2D eigenvalue weighted by Gasteiger charge is 2.12. The van der Waals surface area contributed by atoms with Crippen molar-refractivity contribution in [1.29, 1.82) is 0 Å². The molecular formula is C13H19NO2. The van der Waals surface area contributed by atoms with Crippen molar-refractivity contribution in [3.8, 4) is 5.75 Å². The summed E-state index contributed by atoms with van der Waals surface area (Å²) in [5.41, 5.74) is 6.57. The summed E-state index contributed by atoms with van der Waals surface area (Å²) < 4.78 is 4.95. The normalized spacial score (nSPS) is 13.7. The zero-order chi connectivity index (χ0) is 12.1. The van der Waals surface area contributed by atoms with E-state index in [0.29, 0.717) is 17.0 Å². The number of methoxy groups -OCH3 is 1. The summed E-state index contributed by atoms with van der Waals surface area (Å²) >= 11 is 0. The van der Waals surface area contributed by atoms with Crippen LogP contribution in [-0.2, 0) is 0 Å². The molecule has 0 aliphatic heterocycles. The predicted molar refractivity (Wildman–Crippen MR) is 65.8 cm³/mol. The van der Waals surface area contributed by atoms with Crippen LogP contribution in [-0.4, -0.2) is 12.9 Å². The number of rotatable bonds is 2. The van der Waals surface area contributed by atoms with Crippen LogP contribution < -0.4 is 10.5 Å². The fraction of sp³-hybridized carbons (Fsp3) is 0.462. The molecule has 0 radical (unpaired) electrons. The molecule has 0 amide bonds. The Bertz CT molecular complexity index is 370. The molecule has 1 aromatic carbocycles. The number of anilines is 1. The lowest BCUT2D eigenvalue weighted by Gasteiger charge is -2.04. The zero-order valence-corrected chi connectivity index (χ0v) is 10.1. The van der Waals surface area contributed by atoms with E-state index in [0.717, 1.165) is 5.92 Å². The van der Waals surface area contributed by atoms with E-state index in [4.69, 9.17) is 10.5 Å². The van der Waals surface area contributed by atoms with Gasteiger partial charge in [0.15, 0.2) is 5.78 Å². The third-order valence-electron chi connectivity index (χ3n) is 2.51. The third-order valence-corrected chi connectivity index (χ3v) is 2.51. The third kappa shape index (κ3) is 3.93. The van der Waals surface area contributed by atoms with E-state index in [1.807, 2.05) is 0 Å². The van der Waals surface area contributed by atoms with Gasteiger partial charge in [0.1, 0.15) is 5.75 Å². The molecule has 1 saturated carbocycles. The summed E-state index contributed by atoms with van der Waals surface area (Å²) in [6.45, 7) is 3.76. The van der Waals surface area contributed by atoms with Crippen LogP contribution in [0.2, 0.25) is 0 Å². The maximum absolute atomic E-state index is 11.0. The van der Waals surface area contributed by atoms with Gasteiger partial charge in [0.2, 0.25) is 0 Å². The van der Waals surface area contributed by atoms with Crippen LogP contribution in [0.5, 0.6) is 5.75 Å². The summed E-state index contributed by atoms with van der Waals surface area (Å²) in [5.74, 6) is 1.68. The SMILES string of the molecule is CC1CC1.COc1ccc(N)c(C(C)=O)c1. The Kier molecular flexibility index (Phi) is 4.35. The maximum Gasteiger partial charge on any atom is 0.162 e. The molecule has 16 heavy (non-hydrogen) atoms. The van der Waals surface area contributed by atoms with Crippen LogP contribution in [0.1, 0.15) is 37.0 Å². The number of nitrogens with two attached hydrogens (primary N) is 1. The van der Waals surface area contributed by atoms with Crippen molar-refractivity contribution in [1.82, 2.24) is 0 Å². The smallest absolute Gasteiger partial charge is 0.162 e. The molecule has 3 heteroatoms. The number of Topliss-reactive ketones (excluding diaryl/α,β-unsaturated/α-hetero) is 1. The molecule has 2 rings (SSSR count). The Morgan fingerprint density at radius 1 is 1.44 bits per heavy atom. The highest BCUT2D eigenvalue weighted by atomic mass is 16.5. The molecule has 0 bridgehead atoms. The number of carbonyl (C=O) groups excluding carboxylic acids is 1. The van der Waals surface area contributed by atoms with E-state index < -0.39 is 0 Å². The van der Waals surface area contributed by atoms with Crippen LogP contribution in [0, 0.1) is 5.92 Å². The Balaban J connectivity index is 0.000000267. The molecule has 0 atom stereocenters. The molecule has 88 valence electrons. The summed E-state index contributed by atoms with van der Waals surface area (Å²) in [6.07, 6.45) is 2.97. The molecule has 0 heterocycles. The summed E-state index contributed by atoms with van der Waals surface area (Å²) in [5, 5.41) is 0. The largest absolute Gasteiger partial charge is 0.497 e. The Labute approximate surface area is 96.6 Å². The summed E-state index contributed by atoms with van der Waals surface area (Å²) in [4.78, 5) is 11.0. The number of carbonyl (C=O) groups is 1. The lowest BCUT2D eigenvalue weighted by Crippen LogP contribution is -1.99. The number of ether oxygens (including phenoxy) is 1. The van der Waals surface area contributed by atoms with Gasteiger partial charge in [0.25, 0.3) is 0 Å². The molecule has 3 nitrogen and oxygen atoms in total. The molecule has 0 spiro atoms. The average molecular weight is 221 g/mol.